The van der Waals surface area contributed by atoms with E-state index in [0.29, 0.717) is 19.4 Å². The first-order valence-electron chi connectivity index (χ1n) is 11.7. The van der Waals surface area contributed by atoms with Crippen LogP contribution in [0.2, 0.25) is 0 Å². The van der Waals surface area contributed by atoms with Gasteiger partial charge >= 0.3 is 0 Å². The Morgan fingerprint density at radius 1 is 0.970 bits per heavy atom. The van der Waals surface area contributed by atoms with Gasteiger partial charge in [0.2, 0.25) is 5.91 Å². The third-order valence-electron chi connectivity index (χ3n) is 6.13. The van der Waals surface area contributed by atoms with Crippen molar-refractivity contribution in [3.05, 3.63) is 88.6 Å². The highest BCUT2D eigenvalue weighted by Crippen LogP contribution is 2.26. The molecule has 0 atom stereocenters. The summed E-state index contributed by atoms with van der Waals surface area (Å²) in [6.07, 6.45) is 2.68. The molecule has 33 heavy (non-hydrogen) atoms. The highest BCUT2D eigenvalue weighted by Gasteiger charge is 2.23. The fourth-order valence-corrected chi connectivity index (χ4v) is 4.48. The molecule has 5 nitrogen and oxygen atoms in total. The summed E-state index contributed by atoms with van der Waals surface area (Å²) in [6, 6.07) is 16.6. The molecular formula is C27H31FN4O. The topological polar surface area (TPSA) is 49.3 Å². The van der Waals surface area contributed by atoms with E-state index in [1.165, 1.54) is 6.07 Å². The predicted molar refractivity (Wildman–Crippen MR) is 129 cm³/mol. The van der Waals surface area contributed by atoms with Crippen molar-refractivity contribution in [1.82, 2.24) is 14.9 Å². The van der Waals surface area contributed by atoms with Crippen LogP contribution in [0.15, 0.2) is 54.6 Å². The normalized spacial score (nSPS) is 14.3. The number of aromatic nitrogens is 2. The SMILES string of the molecule is CCc1nc(C)nc(N2CCCN(C(=O)Cc3ccccc3)CC2)c1Cc1cccc(F)c1. The molecule has 0 saturated carbocycles. The van der Waals surface area contributed by atoms with Crippen LogP contribution in [0.25, 0.3) is 0 Å². The molecule has 1 fully saturated rings. The number of carbonyl (C=O) groups is 1. The van der Waals surface area contributed by atoms with Gasteiger partial charge in [-0.3, -0.25) is 4.79 Å². The monoisotopic (exact) mass is 446 g/mol. The Morgan fingerprint density at radius 2 is 1.76 bits per heavy atom. The number of aryl methyl sites for hydroxylation is 2. The first-order chi connectivity index (χ1) is 16.0. The second-order valence-electron chi connectivity index (χ2n) is 8.56. The van der Waals surface area contributed by atoms with Gasteiger partial charge in [-0.1, -0.05) is 49.4 Å². The third kappa shape index (κ3) is 5.75. The Kier molecular flexibility index (Phi) is 7.33. The van der Waals surface area contributed by atoms with Crippen LogP contribution in [0.1, 0.15) is 41.6 Å². The van der Waals surface area contributed by atoms with E-state index < -0.39 is 0 Å². The molecule has 172 valence electrons. The minimum atomic E-state index is -0.234. The number of anilines is 1. The number of halogens is 1. The van der Waals surface area contributed by atoms with Crippen molar-refractivity contribution < 1.29 is 9.18 Å². The van der Waals surface area contributed by atoms with Crippen molar-refractivity contribution in [3.63, 3.8) is 0 Å². The quantitative estimate of drug-likeness (QED) is 0.565. The third-order valence-corrected chi connectivity index (χ3v) is 6.13. The predicted octanol–water partition coefficient (Wildman–Crippen LogP) is 4.36. The van der Waals surface area contributed by atoms with Crippen LogP contribution < -0.4 is 4.90 Å². The first-order valence-corrected chi connectivity index (χ1v) is 11.7. The van der Waals surface area contributed by atoms with Gasteiger partial charge in [-0.15, -0.1) is 0 Å². The highest BCUT2D eigenvalue weighted by atomic mass is 19.1. The summed E-state index contributed by atoms with van der Waals surface area (Å²) in [5, 5.41) is 0. The van der Waals surface area contributed by atoms with E-state index in [1.54, 1.807) is 12.1 Å². The molecule has 3 aromatic rings. The van der Waals surface area contributed by atoms with Crippen molar-refractivity contribution in [1.29, 1.82) is 0 Å². The Balaban J connectivity index is 1.54. The zero-order valence-corrected chi connectivity index (χ0v) is 19.4. The Bertz CT molecular complexity index is 1100. The standard InChI is InChI=1S/C27H31FN4O/c1-3-25-24(18-22-11-7-12-23(28)17-22)27(30-20(2)29-25)32-14-8-13-31(15-16-32)26(33)19-21-9-5-4-6-10-21/h4-7,9-12,17H,3,8,13-16,18-19H2,1-2H3. The highest BCUT2D eigenvalue weighted by molar-refractivity contribution is 5.78. The van der Waals surface area contributed by atoms with Gasteiger partial charge in [-0.2, -0.15) is 0 Å². The van der Waals surface area contributed by atoms with Gasteiger partial charge in [0.25, 0.3) is 0 Å². The summed E-state index contributed by atoms with van der Waals surface area (Å²) in [6.45, 7) is 6.96. The summed E-state index contributed by atoms with van der Waals surface area (Å²) >= 11 is 0. The van der Waals surface area contributed by atoms with Crippen LogP contribution >= 0.6 is 0 Å². The van der Waals surface area contributed by atoms with E-state index in [4.69, 9.17) is 4.98 Å². The van der Waals surface area contributed by atoms with Gasteiger partial charge in [0.05, 0.1) is 6.42 Å². The number of benzene rings is 2. The molecule has 1 amide bonds. The van der Waals surface area contributed by atoms with Gasteiger partial charge in [0, 0.05) is 43.9 Å². The fraction of sp³-hybridized carbons (Fsp3) is 0.370. The lowest BCUT2D eigenvalue weighted by Gasteiger charge is -2.26. The van der Waals surface area contributed by atoms with Gasteiger partial charge in [0.15, 0.2) is 0 Å². The maximum atomic E-state index is 13.8. The number of hydrogen-bond donors (Lipinski definition) is 0. The van der Waals surface area contributed by atoms with Gasteiger partial charge < -0.3 is 9.80 Å². The van der Waals surface area contributed by atoms with Crippen LogP contribution in [0, 0.1) is 12.7 Å². The molecule has 0 aliphatic carbocycles. The molecule has 1 aliphatic heterocycles. The van der Waals surface area contributed by atoms with Crippen molar-refractivity contribution in [2.24, 2.45) is 0 Å². The molecule has 0 N–H and O–H groups in total. The smallest absolute Gasteiger partial charge is 0.227 e. The number of carbonyl (C=O) groups excluding carboxylic acids is 1. The molecular weight excluding hydrogens is 415 g/mol. The average molecular weight is 447 g/mol. The summed E-state index contributed by atoms with van der Waals surface area (Å²) in [5.74, 6) is 1.59. The molecule has 0 bridgehead atoms. The molecule has 0 spiro atoms. The fourth-order valence-electron chi connectivity index (χ4n) is 4.48. The molecule has 1 aromatic heterocycles. The molecule has 4 rings (SSSR count). The largest absolute Gasteiger partial charge is 0.354 e. The number of nitrogens with zero attached hydrogens (tertiary/aromatic N) is 4. The first kappa shape index (κ1) is 22.9. The summed E-state index contributed by atoms with van der Waals surface area (Å²) in [4.78, 5) is 26.7. The zero-order valence-electron chi connectivity index (χ0n) is 19.4. The van der Waals surface area contributed by atoms with Crippen LogP contribution in [0.4, 0.5) is 10.2 Å². The van der Waals surface area contributed by atoms with Crippen molar-refractivity contribution >= 4 is 11.7 Å². The van der Waals surface area contributed by atoms with Crippen LogP contribution in [0.5, 0.6) is 0 Å². The summed E-state index contributed by atoms with van der Waals surface area (Å²) in [5.41, 5.74) is 4.01. The molecule has 6 heteroatoms. The van der Waals surface area contributed by atoms with E-state index >= 15 is 0 Å². The molecule has 1 saturated heterocycles. The van der Waals surface area contributed by atoms with Crippen LogP contribution in [0.3, 0.4) is 0 Å². The second-order valence-corrected chi connectivity index (χ2v) is 8.56. The lowest BCUT2D eigenvalue weighted by molar-refractivity contribution is -0.130. The number of amides is 1. The molecule has 2 heterocycles. The van der Waals surface area contributed by atoms with E-state index in [2.05, 4.69) is 16.8 Å². The maximum absolute atomic E-state index is 13.8. The maximum Gasteiger partial charge on any atom is 0.227 e. The molecule has 0 unspecified atom stereocenters. The minimum absolute atomic E-state index is 0.163. The minimum Gasteiger partial charge on any atom is -0.354 e. The zero-order chi connectivity index (χ0) is 23.2. The Morgan fingerprint density at radius 3 is 2.52 bits per heavy atom. The Hall–Kier alpha value is -3.28. The lowest BCUT2D eigenvalue weighted by atomic mass is 10.0. The van der Waals surface area contributed by atoms with E-state index in [-0.39, 0.29) is 11.7 Å². The lowest BCUT2D eigenvalue weighted by Crippen LogP contribution is -2.36. The van der Waals surface area contributed by atoms with Gasteiger partial charge in [-0.25, -0.2) is 14.4 Å². The van der Waals surface area contributed by atoms with Gasteiger partial charge in [0.1, 0.15) is 17.5 Å². The number of hydrogen-bond acceptors (Lipinski definition) is 4. The van der Waals surface area contributed by atoms with Crippen LogP contribution in [-0.4, -0.2) is 47.0 Å². The molecule has 2 aromatic carbocycles. The Labute approximate surface area is 195 Å². The molecule has 1 aliphatic rings. The molecule has 0 radical (unpaired) electrons. The number of rotatable bonds is 6. The van der Waals surface area contributed by atoms with Crippen molar-refractivity contribution in [2.45, 2.75) is 39.5 Å². The second kappa shape index (κ2) is 10.6. The summed E-state index contributed by atoms with van der Waals surface area (Å²) < 4.78 is 13.8. The summed E-state index contributed by atoms with van der Waals surface area (Å²) in [7, 11) is 0. The van der Waals surface area contributed by atoms with Crippen LogP contribution in [-0.2, 0) is 24.1 Å². The van der Waals surface area contributed by atoms with Crippen molar-refractivity contribution in [2.75, 3.05) is 31.1 Å². The van der Waals surface area contributed by atoms with E-state index in [0.717, 1.165) is 66.5 Å². The van der Waals surface area contributed by atoms with E-state index in [1.807, 2.05) is 48.2 Å². The van der Waals surface area contributed by atoms with Gasteiger partial charge in [-0.05, 0) is 43.0 Å². The van der Waals surface area contributed by atoms with E-state index in [9.17, 15) is 9.18 Å². The average Bonchev–Trinajstić information content (AvgIpc) is 3.07. The van der Waals surface area contributed by atoms with Crippen molar-refractivity contribution in [3.8, 4) is 0 Å².